The highest BCUT2D eigenvalue weighted by atomic mass is 32.1. The van der Waals surface area contributed by atoms with Crippen LogP contribution in [0.5, 0.6) is 0 Å². The number of esters is 1. The predicted molar refractivity (Wildman–Crippen MR) is 82.6 cm³/mol. The summed E-state index contributed by atoms with van der Waals surface area (Å²) in [4.78, 5) is 23.5. The first-order valence-corrected chi connectivity index (χ1v) is 8.17. The number of ether oxygens (including phenoxy) is 3. The van der Waals surface area contributed by atoms with E-state index in [9.17, 15) is 9.59 Å². The lowest BCUT2D eigenvalue weighted by atomic mass is 10.0. The molecule has 0 radical (unpaired) electrons. The molecule has 2 aromatic rings. The average molecular weight is 360 g/mol. The van der Waals surface area contributed by atoms with Crippen molar-refractivity contribution in [3.05, 3.63) is 34.1 Å². The summed E-state index contributed by atoms with van der Waals surface area (Å²) in [5, 5.41) is 8.22. The van der Waals surface area contributed by atoms with Crippen molar-refractivity contribution in [1.82, 2.24) is 19.8 Å². The number of carbonyl (C=O) groups excluding carboxylic acids is 2. The second kappa shape index (κ2) is 5.28. The van der Waals surface area contributed by atoms with Gasteiger partial charge in [0, 0.05) is 12.0 Å². The Kier molecular flexibility index (Phi) is 3.14. The highest BCUT2D eigenvalue weighted by Crippen LogP contribution is 2.32. The summed E-state index contributed by atoms with van der Waals surface area (Å²) < 4.78 is 19.2. The number of carbonyl (C=O) groups is 2. The topological polar surface area (TPSA) is 97.5 Å². The Morgan fingerprint density at radius 3 is 3.00 bits per heavy atom. The van der Waals surface area contributed by atoms with E-state index in [2.05, 4.69) is 10.4 Å². The van der Waals surface area contributed by atoms with E-state index < -0.39 is 6.29 Å². The van der Waals surface area contributed by atoms with Crippen LogP contribution in [0.1, 0.15) is 28.4 Å². The monoisotopic (exact) mass is 360 g/mol. The standard InChI is InChI=1S/C15H12N4O5S/c20-11-4-10(12-6-23-14(11)24-12)19-15(25)18(16-17-19)8-1-2-9-7(3-8)5-22-13(9)21/h1-3,10,12,14H,4-6H2. The van der Waals surface area contributed by atoms with Gasteiger partial charge in [0.15, 0.2) is 5.78 Å². The zero-order valence-corrected chi connectivity index (χ0v) is 13.6. The van der Waals surface area contributed by atoms with Gasteiger partial charge in [-0.1, -0.05) is 0 Å². The fourth-order valence-electron chi connectivity index (χ4n) is 3.35. The number of fused-ring (bicyclic) bond motifs is 3. The largest absolute Gasteiger partial charge is 0.457 e. The van der Waals surface area contributed by atoms with E-state index in [1.165, 1.54) is 9.36 Å². The molecular formula is C15H12N4O5S. The fourth-order valence-corrected chi connectivity index (χ4v) is 3.66. The molecule has 0 spiro atoms. The number of cyclic esters (lactones) is 1. The van der Waals surface area contributed by atoms with Gasteiger partial charge < -0.3 is 14.2 Å². The highest BCUT2D eigenvalue weighted by molar-refractivity contribution is 7.71. The Balaban J connectivity index is 1.52. The molecule has 3 unspecified atom stereocenters. The molecule has 10 heteroatoms. The maximum atomic E-state index is 12.0. The van der Waals surface area contributed by atoms with Crippen LogP contribution in [0.4, 0.5) is 0 Å². The van der Waals surface area contributed by atoms with Crippen LogP contribution in [0, 0.1) is 4.77 Å². The molecule has 0 amide bonds. The maximum Gasteiger partial charge on any atom is 0.338 e. The first-order valence-electron chi connectivity index (χ1n) is 7.76. The number of hydrogen-bond donors (Lipinski definition) is 0. The van der Waals surface area contributed by atoms with Crippen LogP contribution in [0.15, 0.2) is 18.2 Å². The summed E-state index contributed by atoms with van der Waals surface area (Å²) >= 11 is 5.49. The Bertz CT molecular complexity index is 967. The number of hydrogen-bond acceptors (Lipinski definition) is 8. The van der Waals surface area contributed by atoms with Crippen molar-refractivity contribution < 1.29 is 23.8 Å². The van der Waals surface area contributed by atoms with Crippen LogP contribution < -0.4 is 0 Å². The van der Waals surface area contributed by atoms with Crippen LogP contribution in [0.2, 0.25) is 0 Å². The van der Waals surface area contributed by atoms with E-state index in [0.29, 0.717) is 22.6 Å². The third-order valence-electron chi connectivity index (χ3n) is 4.64. The molecule has 3 aliphatic rings. The van der Waals surface area contributed by atoms with Gasteiger partial charge in [-0.3, -0.25) is 4.79 Å². The summed E-state index contributed by atoms with van der Waals surface area (Å²) in [6.45, 7) is 0.559. The number of aromatic nitrogens is 4. The molecular weight excluding hydrogens is 348 g/mol. The summed E-state index contributed by atoms with van der Waals surface area (Å²) in [7, 11) is 0. The first kappa shape index (κ1) is 14.9. The lowest BCUT2D eigenvalue weighted by Crippen LogP contribution is -2.37. The molecule has 1 aromatic carbocycles. The van der Waals surface area contributed by atoms with Crippen molar-refractivity contribution in [2.75, 3.05) is 6.61 Å². The molecule has 2 bridgehead atoms. The van der Waals surface area contributed by atoms with Gasteiger partial charge in [-0.05, 0) is 40.8 Å². The van der Waals surface area contributed by atoms with Crippen LogP contribution in [0.3, 0.4) is 0 Å². The summed E-state index contributed by atoms with van der Waals surface area (Å²) in [5.74, 6) is -0.453. The van der Waals surface area contributed by atoms with E-state index >= 15 is 0 Å². The summed E-state index contributed by atoms with van der Waals surface area (Å²) in [5.41, 5.74) is 2.00. The minimum atomic E-state index is -0.764. The number of nitrogens with zero attached hydrogens (tertiary/aromatic N) is 4. The van der Waals surface area contributed by atoms with Gasteiger partial charge in [-0.25, -0.2) is 9.48 Å². The van der Waals surface area contributed by atoms with Crippen molar-refractivity contribution in [2.24, 2.45) is 0 Å². The minimum absolute atomic E-state index is 0.122. The second-order valence-electron chi connectivity index (χ2n) is 6.11. The van der Waals surface area contributed by atoms with Crippen molar-refractivity contribution in [1.29, 1.82) is 0 Å². The molecule has 25 heavy (non-hydrogen) atoms. The van der Waals surface area contributed by atoms with Crippen LogP contribution in [0.25, 0.3) is 5.69 Å². The Morgan fingerprint density at radius 2 is 2.12 bits per heavy atom. The second-order valence-corrected chi connectivity index (χ2v) is 6.48. The van der Waals surface area contributed by atoms with Gasteiger partial charge in [0.05, 0.1) is 23.9 Å². The fraction of sp³-hybridized carbons (Fsp3) is 0.400. The third kappa shape index (κ3) is 2.18. The van der Waals surface area contributed by atoms with Crippen molar-refractivity contribution in [2.45, 2.75) is 31.5 Å². The van der Waals surface area contributed by atoms with Gasteiger partial charge in [0.25, 0.3) is 0 Å². The zero-order valence-electron chi connectivity index (χ0n) is 12.8. The molecule has 2 fully saturated rings. The van der Waals surface area contributed by atoms with Gasteiger partial charge in [0.2, 0.25) is 11.1 Å². The smallest absolute Gasteiger partial charge is 0.338 e. The lowest BCUT2D eigenvalue weighted by Gasteiger charge is -2.25. The van der Waals surface area contributed by atoms with Crippen LogP contribution in [-0.2, 0) is 25.6 Å². The molecule has 2 saturated heterocycles. The normalized spacial score (nSPS) is 27.4. The van der Waals surface area contributed by atoms with Crippen molar-refractivity contribution in [3.8, 4) is 5.69 Å². The minimum Gasteiger partial charge on any atom is -0.457 e. The molecule has 128 valence electrons. The quantitative estimate of drug-likeness (QED) is 0.571. The number of rotatable bonds is 2. The highest BCUT2D eigenvalue weighted by Gasteiger charge is 2.45. The van der Waals surface area contributed by atoms with Gasteiger partial charge in [-0.2, -0.15) is 4.68 Å². The lowest BCUT2D eigenvalue weighted by molar-refractivity contribution is -0.156. The summed E-state index contributed by atoms with van der Waals surface area (Å²) in [6.07, 6.45) is -0.792. The molecule has 0 N–H and O–H groups in total. The molecule has 9 nitrogen and oxygen atoms in total. The molecule has 1 aromatic heterocycles. The molecule has 5 rings (SSSR count). The Labute approximate surface area is 146 Å². The van der Waals surface area contributed by atoms with Gasteiger partial charge in [-0.15, -0.1) is 0 Å². The van der Waals surface area contributed by atoms with E-state index in [1.54, 1.807) is 18.2 Å². The number of benzene rings is 1. The van der Waals surface area contributed by atoms with E-state index in [4.69, 9.17) is 26.4 Å². The van der Waals surface area contributed by atoms with E-state index in [-0.39, 0.29) is 36.9 Å². The van der Waals surface area contributed by atoms with E-state index in [0.717, 1.165) is 5.56 Å². The summed E-state index contributed by atoms with van der Waals surface area (Å²) in [6, 6.07) is 4.87. The van der Waals surface area contributed by atoms with Gasteiger partial charge >= 0.3 is 5.97 Å². The molecule has 0 saturated carbocycles. The van der Waals surface area contributed by atoms with Crippen molar-refractivity contribution >= 4 is 24.0 Å². The predicted octanol–water partition coefficient (Wildman–Crippen LogP) is 0.724. The maximum absolute atomic E-state index is 12.0. The number of tetrazole rings is 1. The first-order chi connectivity index (χ1) is 12.1. The third-order valence-corrected chi connectivity index (χ3v) is 5.00. The molecule has 3 atom stereocenters. The van der Waals surface area contributed by atoms with E-state index in [1.807, 2.05) is 0 Å². The molecule has 4 heterocycles. The average Bonchev–Trinajstić information content (AvgIpc) is 3.30. The number of ketones is 1. The van der Waals surface area contributed by atoms with Gasteiger partial charge in [0.1, 0.15) is 12.7 Å². The van der Waals surface area contributed by atoms with Crippen LogP contribution >= 0.6 is 12.2 Å². The Morgan fingerprint density at radius 1 is 1.24 bits per heavy atom. The molecule has 0 aliphatic carbocycles. The Hall–Kier alpha value is -2.43. The zero-order chi connectivity index (χ0) is 17.1. The number of Topliss-reactive ketones (excluding diaryl/α,β-unsaturated/α-hetero) is 1. The SMILES string of the molecule is O=C1OCc2cc(-n3nnn(C4CC(=O)C5OCC4O5)c3=S)ccc21. The molecule has 3 aliphatic heterocycles. The van der Waals surface area contributed by atoms with Crippen molar-refractivity contribution in [3.63, 3.8) is 0 Å². The van der Waals surface area contributed by atoms with Crippen LogP contribution in [-0.4, -0.2) is 50.5 Å².